The molecule has 0 aliphatic rings. The van der Waals surface area contributed by atoms with Gasteiger partial charge in [0.2, 0.25) is 5.91 Å². The van der Waals surface area contributed by atoms with Crippen LogP contribution in [0.15, 0.2) is 18.2 Å². The second kappa shape index (κ2) is 8.00. The van der Waals surface area contributed by atoms with Gasteiger partial charge < -0.3 is 14.8 Å². The summed E-state index contributed by atoms with van der Waals surface area (Å²) >= 11 is 2.70. The summed E-state index contributed by atoms with van der Waals surface area (Å²) in [4.78, 5) is 11.9. The van der Waals surface area contributed by atoms with Gasteiger partial charge in [0.25, 0.3) is 0 Å². The Bertz CT molecular complexity index is 646. The summed E-state index contributed by atoms with van der Waals surface area (Å²) in [6, 6.07) is 5.26. The number of methoxy groups -OCH3 is 2. The lowest BCUT2D eigenvalue weighted by Crippen LogP contribution is -2.14. The van der Waals surface area contributed by atoms with Crippen molar-refractivity contribution in [1.82, 2.24) is 8.75 Å². The van der Waals surface area contributed by atoms with Gasteiger partial charge in [-0.15, -0.1) is 11.8 Å². The Morgan fingerprint density at radius 1 is 1.27 bits per heavy atom. The van der Waals surface area contributed by atoms with E-state index in [2.05, 4.69) is 14.1 Å². The number of benzene rings is 1. The van der Waals surface area contributed by atoms with Crippen LogP contribution in [-0.4, -0.2) is 34.6 Å². The molecule has 0 bridgehead atoms. The summed E-state index contributed by atoms with van der Waals surface area (Å²) in [7, 11) is 3.13. The fraction of sp³-hybridized carbons (Fsp3) is 0.357. The molecular weight excluding hydrogens is 322 g/mol. The van der Waals surface area contributed by atoms with Crippen molar-refractivity contribution >= 4 is 35.1 Å². The molecule has 0 spiro atoms. The monoisotopic (exact) mass is 339 g/mol. The standard InChI is InChI=1S/C14H17N3O3S2/c1-9-11(17-22-16-9)7-21-8-14(18)15-10-4-5-12(19-2)13(6-10)20-3/h4-6H,7-8H2,1-3H3,(H,15,18). The molecule has 1 heterocycles. The number of nitrogens with zero attached hydrogens (tertiary/aromatic N) is 2. The van der Waals surface area contributed by atoms with E-state index in [1.54, 1.807) is 32.4 Å². The molecule has 0 fully saturated rings. The van der Waals surface area contributed by atoms with Gasteiger partial charge in [-0.05, 0) is 19.1 Å². The topological polar surface area (TPSA) is 73.3 Å². The van der Waals surface area contributed by atoms with Crippen molar-refractivity contribution in [3.63, 3.8) is 0 Å². The number of aromatic nitrogens is 2. The molecule has 1 amide bonds. The van der Waals surface area contributed by atoms with Gasteiger partial charge in [0.1, 0.15) is 0 Å². The van der Waals surface area contributed by atoms with E-state index in [1.165, 1.54) is 23.5 Å². The molecule has 0 unspecified atom stereocenters. The number of aryl methyl sites for hydroxylation is 1. The first-order valence-corrected chi connectivity index (χ1v) is 8.40. The van der Waals surface area contributed by atoms with E-state index in [9.17, 15) is 4.79 Å². The summed E-state index contributed by atoms with van der Waals surface area (Å²) in [6.45, 7) is 1.92. The van der Waals surface area contributed by atoms with Crippen LogP contribution in [0.25, 0.3) is 0 Å². The molecule has 0 atom stereocenters. The van der Waals surface area contributed by atoms with Gasteiger partial charge in [0.15, 0.2) is 11.5 Å². The van der Waals surface area contributed by atoms with Crippen molar-refractivity contribution in [1.29, 1.82) is 0 Å². The zero-order chi connectivity index (χ0) is 15.9. The second-order valence-corrected chi connectivity index (χ2v) is 5.92. The molecule has 118 valence electrons. The van der Waals surface area contributed by atoms with Gasteiger partial charge >= 0.3 is 0 Å². The number of hydrogen-bond acceptors (Lipinski definition) is 7. The average molecular weight is 339 g/mol. The molecule has 0 aliphatic heterocycles. The first-order chi connectivity index (χ1) is 10.6. The Morgan fingerprint density at radius 3 is 2.68 bits per heavy atom. The van der Waals surface area contributed by atoms with E-state index in [1.807, 2.05) is 6.92 Å². The first kappa shape index (κ1) is 16.6. The number of carbonyl (C=O) groups excluding carboxylic acids is 1. The van der Waals surface area contributed by atoms with Gasteiger partial charge in [-0.2, -0.15) is 8.75 Å². The maximum atomic E-state index is 11.9. The van der Waals surface area contributed by atoms with Crippen LogP contribution in [-0.2, 0) is 10.5 Å². The minimum atomic E-state index is -0.0712. The number of nitrogens with one attached hydrogen (secondary N) is 1. The zero-order valence-electron chi connectivity index (χ0n) is 12.6. The lowest BCUT2D eigenvalue weighted by molar-refractivity contribution is -0.113. The van der Waals surface area contributed by atoms with Gasteiger partial charge in [0.05, 0.1) is 43.1 Å². The van der Waals surface area contributed by atoms with Gasteiger partial charge in [-0.1, -0.05) is 0 Å². The van der Waals surface area contributed by atoms with E-state index in [0.717, 1.165) is 11.4 Å². The molecule has 8 heteroatoms. The van der Waals surface area contributed by atoms with E-state index in [4.69, 9.17) is 9.47 Å². The molecule has 2 aromatic rings. The zero-order valence-corrected chi connectivity index (χ0v) is 14.2. The lowest BCUT2D eigenvalue weighted by atomic mass is 10.2. The van der Waals surface area contributed by atoms with Crippen molar-refractivity contribution in [2.24, 2.45) is 0 Å². The second-order valence-electron chi connectivity index (χ2n) is 4.41. The summed E-state index contributed by atoms with van der Waals surface area (Å²) in [5.41, 5.74) is 2.54. The molecule has 1 aromatic heterocycles. The maximum Gasteiger partial charge on any atom is 0.234 e. The van der Waals surface area contributed by atoms with E-state index < -0.39 is 0 Å². The van der Waals surface area contributed by atoms with Crippen LogP contribution >= 0.6 is 23.5 Å². The molecule has 1 aromatic carbocycles. The van der Waals surface area contributed by atoms with Gasteiger partial charge in [0, 0.05) is 17.5 Å². The average Bonchev–Trinajstić information content (AvgIpc) is 2.92. The van der Waals surface area contributed by atoms with Crippen LogP contribution in [0.3, 0.4) is 0 Å². The van der Waals surface area contributed by atoms with E-state index >= 15 is 0 Å². The molecule has 0 radical (unpaired) electrons. The highest BCUT2D eigenvalue weighted by Crippen LogP contribution is 2.29. The number of amides is 1. The number of anilines is 1. The van der Waals surface area contributed by atoms with Crippen LogP contribution in [0, 0.1) is 6.92 Å². The molecule has 0 aliphatic carbocycles. The number of carbonyl (C=O) groups is 1. The van der Waals surface area contributed by atoms with Crippen molar-refractivity contribution in [2.75, 3.05) is 25.3 Å². The Hall–Kier alpha value is -1.80. The molecule has 1 N–H and O–H groups in total. The predicted octanol–water partition coefficient (Wildman–Crippen LogP) is 2.74. The number of thioether (sulfide) groups is 1. The fourth-order valence-electron chi connectivity index (χ4n) is 1.73. The highest BCUT2D eigenvalue weighted by atomic mass is 32.2. The summed E-state index contributed by atoms with van der Waals surface area (Å²) in [5.74, 6) is 2.17. The Kier molecular flexibility index (Phi) is 6.02. The lowest BCUT2D eigenvalue weighted by Gasteiger charge is -2.10. The molecule has 22 heavy (non-hydrogen) atoms. The van der Waals surface area contributed by atoms with Crippen LogP contribution < -0.4 is 14.8 Å². The molecule has 0 saturated heterocycles. The van der Waals surface area contributed by atoms with Gasteiger partial charge in [-0.25, -0.2) is 0 Å². The fourth-order valence-corrected chi connectivity index (χ4v) is 3.20. The molecule has 0 saturated carbocycles. The summed E-state index contributed by atoms with van der Waals surface area (Å²) in [5, 5.41) is 2.83. The van der Waals surface area contributed by atoms with Crippen molar-refractivity contribution in [2.45, 2.75) is 12.7 Å². The number of ether oxygens (including phenoxy) is 2. The number of hydrogen-bond donors (Lipinski definition) is 1. The summed E-state index contributed by atoms with van der Waals surface area (Å²) < 4.78 is 18.7. The SMILES string of the molecule is COc1ccc(NC(=O)CSCc2nsnc2C)cc1OC. The third kappa shape index (κ3) is 4.35. The van der Waals surface area contributed by atoms with Crippen LogP contribution in [0.5, 0.6) is 11.5 Å². The van der Waals surface area contributed by atoms with Crippen molar-refractivity contribution in [3.05, 3.63) is 29.6 Å². The Balaban J connectivity index is 1.85. The van der Waals surface area contributed by atoms with E-state index in [-0.39, 0.29) is 5.91 Å². The van der Waals surface area contributed by atoms with Crippen LogP contribution in [0.4, 0.5) is 5.69 Å². The number of rotatable bonds is 7. The smallest absolute Gasteiger partial charge is 0.234 e. The van der Waals surface area contributed by atoms with Crippen LogP contribution in [0.2, 0.25) is 0 Å². The highest BCUT2D eigenvalue weighted by Gasteiger charge is 2.09. The van der Waals surface area contributed by atoms with Crippen molar-refractivity contribution in [3.8, 4) is 11.5 Å². The highest BCUT2D eigenvalue weighted by molar-refractivity contribution is 7.99. The summed E-state index contributed by atoms with van der Waals surface area (Å²) in [6.07, 6.45) is 0. The molecular formula is C14H17N3O3S2. The minimum Gasteiger partial charge on any atom is -0.493 e. The van der Waals surface area contributed by atoms with Crippen molar-refractivity contribution < 1.29 is 14.3 Å². The Labute approximate surface area is 137 Å². The molecule has 6 nitrogen and oxygen atoms in total. The first-order valence-electron chi connectivity index (χ1n) is 6.51. The maximum absolute atomic E-state index is 11.9. The third-order valence-corrected chi connectivity index (χ3v) is 4.49. The van der Waals surface area contributed by atoms with Crippen LogP contribution in [0.1, 0.15) is 11.4 Å². The predicted molar refractivity (Wildman–Crippen MR) is 89.0 cm³/mol. The normalized spacial score (nSPS) is 10.3. The Morgan fingerprint density at radius 2 is 2.05 bits per heavy atom. The largest absolute Gasteiger partial charge is 0.493 e. The minimum absolute atomic E-state index is 0.0712. The van der Waals surface area contributed by atoms with Gasteiger partial charge in [-0.3, -0.25) is 4.79 Å². The third-order valence-electron chi connectivity index (χ3n) is 2.89. The quantitative estimate of drug-likeness (QED) is 0.836. The van der Waals surface area contributed by atoms with E-state index in [0.29, 0.717) is 28.7 Å². The molecule has 2 rings (SSSR count).